The molecule has 5 aromatic rings. The molecule has 5 aromatic carbocycles. The van der Waals surface area contributed by atoms with E-state index in [-0.39, 0.29) is 0 Å². The topological polar surface area (TPSA) is 0 Å². The van der Waals surface area contributed by atoms with Crippen LogP contribution in [0.5, 0.6) is 0 Å². The summed E-state index contributed by atoms with van der Waals surface area (Å²) in [5.41, 5.74) is 18.1. The van der Waals surface area contributed by atoms with E-state index in [1.807, 2.05) is 0 Å². The minimum absolute atomic E-state index is 0.293. The number of aryl methyl sites for hydroxylation is 3. The molecule has 0 heteroatoms. The number of benzene rings is 5. The Labute approximate surface area is 279 Å². The third kappa shape index (κ3) is 7.13. The van der Waals surface area contributed by atoms with Gasteiger partial charge in [0.1, 0.15) is 0 Å². The van der Waals surface area contributed by atoms with Crippen molar-refractivity contribution in [2.24, 2.45) is 0 Å². The van der Waals surface area contributed by atoms with Crippen molar-refractivity contribution in [3.63, 3.8) is 0 Å². The molecule has 236 valence electrons. The van der Waals surface area contributed by atoms with Crippen molar-refractivity contribution in [1.29, 1.82) is 0 Å². The Kier molecular flexibility index (Phi) is 10.8. The first-order valence-corrected chi connectivity index (χ1v) is 17.3. The summed E-state index contributed by atoms with van der Waals surface area (Å²) in [6.45, 7) is 18.5. The van der Waals surface area contributed by atoms with Crippen molar-refractivity contribution < 1.29 is 0 Å². The predicted molar refractivity (Wildman–Crippen MR) is 201 cm³/mol. The standard InChI is InChI=1S/C46H52/c1-9-31(3)41-21-16-17-23-43(41)44-29-39(27-25-35(44)7)38-26-24-33(5)40(28-38)30-45(42-22-15-14-18-34(42)6)46(32(4)10-2)36(8)37-19-12-11-13-20-37/h11-29,31,36,45H,9-10,30H2,1-8H3/b46-32-. The minimum Gasteiger partial charge on any atom is -0.0732 e. The van der Waals surface area contributed by atoms with E-state index in [0.29, 0.717) is 17.8 Å². The van der Waals surface area contributed by atoms with Crippen LogP contribution in [0.25, 0.3) is 22.3 Å². The van der Waals surface area contributed by atoms with Crippen molar-refractivity contribution in [3.8, 4) is 22.3 Å². The summed E-state index contributed by atoms with van der Waals surface area (Å²) in [5.74, 6) is 1.15. The SMILES string of the molecule is CC/C(C)=C(/C(C)c1ccccc1)C(Cc1cc(-c2ccc(C)c(-c3ccccc3C(C)CC)c2)ccc1C)c1ccccc1C. The molecule has 0 aliphatic heterocycles. The summed E-state index contributed by atoms with van der Waals surface area (Å²) in [6, 6.07) is 43.3. The molecule has 3 atom stereocenters. The van der Waals surface area contributed by atoms with Crippen LogP contribution in [0.2, 0.25) is 0 Å². The number of hydrogen-bond acceptors (Lipinski definition) is 0. The Balaban J connectivity index is 1.61. The van der Waals surface area contributed by atoms with Crippen LogP contribution in [0.15, 0.2) is 126 Å². The van der Waals surface area contributed by atoms with Crippen molar-refractivity contribution in [1.82, 2.24) is 0 Å². The first kappa shape index (κ1) is 33.2. The first-order chi connectivity index (χ1) is 22.2. The molecular formula is C46H52. The van der Waals surface area contributed by atoms with Crippen molar-refractivity contribution >= 4 is 0 Å². The highest BCUT2D eigenvalue weighted by Crippen LogP contribution is 2.42. The van der Waals surface area contributed by atoms with Crippen LogP contribution in [0.1, 0.15) is 104 Å². The van der Waals surface area contributed by atoms with E-state index in [1.54, 1.807) is 5.57 Å². The zero-order valence-electron chi connectivity index (χ0n) is 29.3. The lowest BCUT2D eigenvalue weighted by Gasteiger charge is -2.30. The fraction of sp³-hybridized carbons (Fsp3) is 0.304. The monoisotopic (exact) mass is 604 g/mol. The van der Waals surface area contributed by atoms with Gasteiger partial charge < -0.3 is 0 Å². The van der Waals surface area contributed by atoms with Gasteiger partial charge in [0.05, 0.1) is 0 Å². The summed E-state index contributed by atoms with van der Waals surface area (Å²) >= 11 is 0. The maximum absolute atomic E-state index is 2.47. The zero-order chi connectivity index (χ0) is 32.8. The molecule has 0 saturated carbocycles. The van der Waals surface area contributed by atoms with Gasteiger partial charge in [-0.05, 0) is 120 Å². The van der Waals surface area contributed by atoms with Gasteiger partial charge in [0.2, 0.25) is 0 Å². The van der Waals surface area contributed by atoms with E-state index in [0.717, 1.165) is 19.3 Å². The highest BCUT2D eigenvalue weighted by Gasteiger charge is 2.26. The Morgan fingerprint density at radius 3 is 1.87 bits per heavy atom. The molecule has 0 aliphatic rings. The van der Waals surface area contributed by atoms with Crippen LogP contribution >= 0.6 is 0 Å². The van der Waals surface area contributed by atoms with Crippen molar-refractivity contribution in [3.05, 3.63) is 165 Å². The maximum Gasteiger partial charge on any atom is 0.00998 e. The van der Waals surface area contributed by atoms with Crippen molar-refractivity contribution in [2.75, 3.05) is 0 Å². The molecule has 0 N–H and O–H groups in total. The molecule has 5 rings (SSSR count). The van der Waals surface area contributed by atoms with Gasteiger partial charge in [-0.1, -0.05) is 148 Å². The number of allylic oxidation sites excluding steroid dienone is 2. The average molecular weight is 605 g/mol. The lowest BCUT2D eigenvalue weighted by Crippen LogP contribution is -2.15. The van der Waals surface area contributed by atoms with Gasteiger partial charge >= 0.3 is 0 Å². The minimum atomic E-state index is 0.293. The fourth-order valence-corrected chi connectivity index (χ4v) is 7.23. The van der Waals surface area contributed by atoms with Gasteiger partial charge in [-0.3, -0.25) is 0 Å². The molecule has 0 saturated heterocycles. The van der Waals surface area contributed by atoms with Crippen LogP contribution in [-0.2, 0) is 6.42 Å². The molecule has 0 aliphatic carbocycles. The van der Waals surface area contributed by atoms with E-state index in [9.17, 15) is 0 Å². The molecule has 0 bridgehead atoms. The smallest absolute Gasteiger partial charge is 0.00998 e. The van der Waals surface area contributed by atoms with E-state index < -0.39 is 0 Å². The van der Waals surface area contributed by atoms with Gasteiger partial charge in [-0.15, -0.1) is 0 Å². The van der Waals surface area contributed by atoms with E-state index >= 15 is 0 Å². The van der Waals surface area contributed by atoms with E-state index in [2.05, 4.69) is 171 Å². The second-order valence-electron chi connectivity index (χ2n) is 13.4. The third-order valence-corrected chi connectivity index (χ3v) is 10.5. The van der Waals surface area contributed by atoms with Crippen LogP contribution in [0, 0.1) is 20.8 Å². The Morgan fingerprint density at radius 2 is 1.20 bits per heavy atom. The molecular weight excluding hydrogens is 553 g/mol. The van der Waals surface area contributed by atoms with Gasteiger partial charge in [0, 0.05) is 11.8 Å². The normalized spacial score (nSPS) is 14.0. The van der Waals surface area contributed by atoms with Crippen molar-refractivity contribution in [2.45, 2.75) is 92.4 Å². The van der Waals surface area contributed by atoms with Crippen LogP contribution < -0.4 is 0 Å². The molecule has 0 radical (unpaired) electrons. The van der Waals surface area contributed by atoms with Gasteiger partial charge in [0.25, 0.3) is 0 Å². The van der Waals surface area contributed by atoms with Crippen LogP contribution in [0.3, 0.4) is 0 Å². The quantitative estimate of drug-likeness (QED) is 0.132. The Bertz CT molecular complexity index is 1800. The molecule has 0 nitrogen and oxygen atoms in total. The second-order valence-corrected chi connectivity index (χ2v) is 13.4. The third-order valence-electron chi connectivity index (χ3n) is 10.5. The molecule has 0 spiro atoms. The van der Waals surface area contributed by atoms with E-state index in [1.165, 1.54) is 66.8 Å². The Morgan fingerprint density at radius 1 is 0.587 bits per heavy atom. The van der Waals surface area contributed by atoms with E-state index in [4.69, 9.17) is 0 Å². The summed E-state index contributed by atoms with van der Waals surface area (Å²) < 4.78 is 0. The second kappa shape index (κ2) is 15.0. The van der Waals surface area contributed by atoms with Gasteiger partial charge in [0.15, 0.2) is 0 Å². The molecule has 3 unspecified atom stereocenters. The molecule has 0 heterocycles. The molecule has 0 amide bonds. The van der Waals surface area contributed by atoms with Crippen LogP contribution in [-0.4, -0.2) is 0 Å². The first-order valence-electron chi connectivity index (χ1n) is 17.3. The van der Waals surface area contributed by atoms with Gasteiger partial charge in [-0.2, -0.15) is 0 Å². The average Bonchev–Trinajstić information content (AvgIpc) is 3.09. The highest BCUT2D eigenvalue weighted by molar-refractivity contribution is 5.78. The highest BCUT2D eigenvalue weighted by atomic mass is 14.3. The zero-order valence-corrected chi connectivity index (χ0v) is 29.3. The summed E-state index contributed by atoms with van der Waals surface area (Å²) in [5, 5.41) is 0. The summed E-state index contributed by atoms with van der Waals surface area (Å²) in [7, 11) is 0. The molecule has 0 aromatic heterocycles. The predicted octanol–water partition coefficient (Wildman–Crippen LogP) is 13.3. The number of rotatable bonds is 11. The maximum atomic E-state index is 2.47. The Hall–Kier alpha value is -4.16. The fourth-order valence-electron chi connectivity index (χ4n) is 7.23. The molecule has 46 heavy (non-hydrogen) atoms. The lowest BCUT2D eigenvalue weighted by molar-refractivity contribution is 0.681. The largest absolute Gasteiger partial charge is 0.0732 e. The molecule has 0 fully saturated rings. The van der Waals surface area contributed by atoms with Gasteiger partial charge in [-0.25, -0.2) is 0 Å². The lowest BCUT2D eigenvalue weighted by atomic mass is 9.74. The van der Waals surface area contributed by atoms with Crippen LogP contribution in [0.4, 0.5) is 0 Å². The summed E-state index contributed by atoms with van der Waals surface area (Å²) in [4.78, 5) is 0. The summed E-state index contributed by atoms with van der Waals surface area (Å²) in [6.07, 6.45) is 3.16. The number of hydrogen-bond donors (Lipinski definition) is 0.